The van der Waals surface area contributed by atoms with Crippen molar-refractivity contribution in [3.63, 3.8) is 0 Å². The second kappa shape index (κ2) is 8.76. The van der Waals surface area contributed by atoms with E-state index in [1.807, 2.05) is 42.5 Å². The van der Waals surface area contributed by atoms with Gasteiger partial charge in [0, 0.05) is 11.1 Å². The van der Waals surface area contributed by atoms with Gasteiger partial charge in [-0.3, -0.25) is 9.52 Å². The maximum absolute atomic E-state index is 11.4. The number of anilines is 1. The number of thioether (sulfide) groups is 1. The van der Waals surface area contributed by atoms with Gasteiger partial charge < -0.3 is 5.11 Å². The molecular formula is C19H18N2O4S3. The average Bonchev–Trinajstić information content (AvgIpc) is 3.06. The lowest BCUT2D eigenvalue weighted by atomic mass is 10.0. The number of benzene rings is 2. The van der Waals surface area contributed by atoms with Crippen LogP contribution in [0.5, 0.6) is 0 Å². The Hall–Kier alpha value is -2.36. The third-order valence-corrected chi connectivity index (χ3v) is 6.64. The first kappa shape index (κ1) is 20.4. The van der Waals surface area contributed by atoms with Crippen molar-refractivity contribution in [1.29, 1.82) is 0 Å². The van der Waals surface area contributed by atoms with Crippen LogP contribution in [0.1, 0.15) is 22.1 Å². The van der Waals surface area contributed by atoms with Gasteiger partial charge in [0.15, 0.2) is 4.34 Å². The SMILES string of the molecule is CS(=O)(=O)Nc1ccc(C(Sc2nc(CC(=O)O)cs2)c2ccccc2)cc1. The number of carboxylic acid groups (broad SMARTS) is 1. The molecule has 6 nitrogen and oxygen atoms in total. The molecule has 0 aliphatic rings. The highest BCUT2D eigenvalue weighted by molar-refractivity contribution is 8.01. The van der Waals surface area contributed by atoms with E-state index in [4.69, 9.17) is 5.11 Å². The van der Waals surface area contributed by atoms with E-state index in [2.05, 4.69) is 9.71 Å². The molecule has 0 aliphatic carbocycles. The van der Waals surface area contributed by atoms with E-state index in [1.54, 1.807) is 17.5 Å². The average molecular weight is 435 g/mol. The Morgan fingerprint density at radius 2 is 1.79 bits per heavy atom. The first-order chi connectivity index (χ1) is 13.3. The van der Waals surface area contributed by atoms with E-state index in [-0.39, 0.29) is 11.7 Å². The molecule has 0 saturated carbocycles. The van der Waals surface area contributed by atoms with Gasteiger partial charge in [-0.25, -0.2) is 13.4 Å². The summed E-state index contributed by atoms with van der Waals surface area (Å²) < 4.78 is 26.0. The number of aromatic nitrogens is 1. The Balaban J connectivity index is 1.87. The van der Waals surface area contributed by atoms with Crippen molar-refractivity contribution < 1.29 is 18.3 Å². The molecule has 0 aliphatic heterocycles. The summed E-state index contributed by atoms with van der Waals surface area (Å²) in [7, 11) is -3.33. The third-order valence-electron chi connectivity index (χ3n) is 3.70. The monoisotopic (exact) mass is 434 g/mol. The van der Waals surface area contributed by atoms with Gasteiger partial charge in [-0.05, 0) is 23.3 Å². The number of hydrogen-bond acceptors (Lipinski definition) is 6. The number of nitrogens with zero attached hydrogens (tertiary/aromatic N) is 1. The van der Waals surface area contributed by atoms with Crippen LogP contribution in [0, 0.1) is 0 Å². The van der Waals surface area contributed by atoms with E-state index < -0.39 is 16.0 Å². The van der Waals surface area contributed by atoms with Gasteiger partial charge >= 0.3 is 5.97 Å². The minimum Gasteiger partial charge on any atom is -0.481 e. The van der Waals surface area contributed by atoms with Gasteiger partial charge in [-0.1, -0.05) is 54.2 Å². The number of hydrogen-bond donors (Lipinski definition) is 2. The van der Waals surface area contributed by atoms with Crippen molar-refractivity contribution in [2.45, 2.75) is 16.0 Å². The summed E-state index contributed by atoms with van der Waals surface area (Å²) in [5.74, 6) is -0.907. The number of sulfonamides is 1. The second-order valence-electron chi connectivity index (χ2n) is 6.08. The fraction of sp³-hybridized carbons (Fsp3) is 0.158. The van der Waals surface area contributed by atoms with Gasteiger partial charge in [-0.2, -0.15) is 0 Å². The molecule has 146 valence electrons. The van der Waals surface area contributed by atoms with E-state index >= 15 is 0 Å². The van der Waals surface area contributed by atoms with Crippen LogP contribution in [-0.4, -0.2) is 30.7 Å². The lowest BCUT2D eigenvalue weighted by Crippen LogP contribution is -2.09. The number of rotatable bonds is 8. The molecule has 9 heteroatoms. The number of aliphatic carboxylic acids is 1. The molecular weight excluding hydrogens is 416 g/mol. The molecule has 0 bridgehead atoms. The largest absolute Gasteiger partial charge is 0.481 e. The van der Waals surface area contributed by atoms with Crippen molar-refractivity contribution in [2.75, 3.05) is 11.0 Å². The molecule has 0 fully saturated rings. The summed E-state index contributed by atoms with van der Waals surface area (Å²) in [6.45, 7) is 0. The standard InChI is InChI=1S/C19H18N2O4S3/c1-28(24,25)21-15-9-7-14(8-10-15)18(13-5-3-2-4-6-13)27-19-20-16(12-26-19)11-17(22)23/h2-10,12,18,21H,11H2,1H3,(H,22,23). The fourth-order valence-electron chi connectivity index (χ4n) is 2.58. The first-order valence-electron chi connectivity index (χ1n) is 8.26. The Morgan fingerprint density at radius 1 is 1.14 bits per heavy atom. The molecule has 1 atom stereocenters. The van der Waals surface area contributed by atoms with Crippen LogP contribution in [-0.2, 0) is 21.2 Å². The van der Waals surface area contributed by atoms with Crippen molar-refractivity contribution in [1.82, 2.24) is 4.98 Å². The van der Waals surface area contributed by atoms with Crippen LogP contribution < -0.4 is 4.72 Å². The molecule has 1 unspecified atom stereocenters. The molecule has 0 amide bonds. The molecule has 0 radical (unpaired) electrons. The number of nitrogens with one attached hydrogen (secondary N) is 1. The minimum absolute atomic E-state index is 0.0580. The summed E-state index contributed by atoms with van der Waals surface area (Å²) in [4.78, 5) is 15.3. The highest BCUT2D eigenvalue weighted by Gasteiger charge is 2.18. The van der Waals surface area contributed by atoms with Gasteiger partial charge in [0.25, 0.3) is 0 Å². The summed E-state index contributed by atoms with van der Waals surface area (Å²) in [6.07, 6.45) is 1.01. The van der Waals surface area contributed by atoms with Crippen LogP contribution in [0.15, 0.2) is 64.3 Å². The highest BCUT2D eigenvalue weighted by atomic mass is 32.2. The Kier molecular flexibility index (Phi) is 6.38. The summed E-state index contributed by atoms with van der Waals surface area (Å²) in [6, 6.07) is 17.1. The van der Waals surface area contributed by atoms with Crippen LogP contribution in [0.25, 0.3) is 0 Å². The van der Waals surface area contributed by atoms with E-state index in [0.29, 0.717) is 11.4 Å². The molecule has 2 N–H and O–H groups in total. The second-order valence-corrected chi connectivity index (χ2v) is 10.0. The number of carboxylic acids is 1. The molecule has 2 aromatic carbocycles. The lowest BCUT2D eigenvalue weighted by molar-refractivity contribution is -0.136. The Morgan fingerprint density at radius 3 is 2.39 bits per heavy atom. The molecule has 0 spiro atoms. The zero-order valence-electron chi connectivity index (χ0n) is 14.9. The summed E-state index contributed by atoms with van der Waals surface area (Å²) >= 11 is 2.95. The molecule has 28 heavy (non-hydrogen) atoms. The molecule has 1 aromatic heterocycles. The van der Waals surface area contributed by atoms with Crippen LogP contribution in [0.3, 0.4) is 0 Å². The smallest absolute Gasteiger partial charge is 0.309 e. The topological polar surface area (TPSA) is 96.4 Å². The minimum atomic E-state index is -3.33. The number of thiazole rings is 1. The van der Waals surface area contributed by atoms with Gasteiger partial charge in [-0.15, -0.1) is 11.3 Å². The lowest BCUT2D eigenvalue weighted by Gasteiger charge is -2.17. The van der Waals surface area contributed by atoms with Crippen LogP contribution in [0.4, 0.5) is 5.69 Å². The zero-order valence-corrected chi connectivity index (χ0v) is 17.4. The Labute approximate surface area is 171 Å². The quantitative estimate of drug-likeness (QED) is 0.520. The maximum atomic E-state index is 11.4. The highest BCUT2D eigenvalue weighted by Crippen LogP contribution is 2.41. The van der Waals surface area contributed by atoms with Crippen molar-refractivity contribution in [3.8, 4) is 0 Å². The summed E-state index contributed by atoms with van der Waals surface area (Å²) in [5, 5.41) is 10.6. The first-order valence-corrected chi connectivity index (χ1v) is 11.9. The van der Waals surface area contributed by atoms with E-state index in [0.717, 1.165) is 21.7 Å². The van der Waals surface area contributed by atoms with Gasteiger partial charge in [0.2, 0.25) is 10.0 Å². The van der Waals surface area contributed by atoms with Crippen LogP contribution in [0.2, 0.25) is 0 Å². The van der Waals surface area contributed by atoms with E-state index in [1.165, 1.54) is 23.1 Å². The predicted molar refractivity (Wildman–Crippen MR) is 113 cm³/mol. The van der Waals surface area contributed by atoms with Crippen molar-refractivity contribution in [2.24, 2.45) is 0 Å². The predicted octanol–water partition coefficient (Wildman–Crippen LogP) is 4.02. The maximum Gasteiger partial charge on any atom is 0.309 e. The van der Waals surface area contributed by atoms with Gasteiger partial charge in [0.05, 0.1) is 23.6 Å². The molecule has 1 heterocycles. The summed E-state index contributed by atoms with van der Waals surface area (Å²) in [5.41, 5.74) is 3.11. The zero-order chi connectivity index (χ0) is 20.1. The van der Waals surface area contributed by atoms with Crippen molar-refractivity contribution >= 4 is 44.8 Å². The normalized spacial score (nSPS) is 12.5. The Bertz CT molecular complexity index is 1050. The van der Waals surface area contributed by atoms with Gasteiger partial charge in [0.1, 0.15) is 0 Å². The molecule has 0 saturated heterocycles. The molecule has 3 rings (SSSR count). The fourth-order valence-corrected chi connectivity index (χ4v) is 5.30. The number of carbonyl (C=O) groups is 1. The van der Waals surface area contributed by atoms with E-state index in [9.17, 15) is 13.2 Å². The molecule has 3 aromatic rings. The van der Waals surface area contributed by atoms with Crippen molar-refractivity contribution in [3.05, 3.63) is 76.8 Å². The van der Waals surface area contributed by atoms with Crippen LogP contribution >= 0.6 is 23.1 Å². The third kappa shape index (κ3) is 5.82.